The Balaban J connectivity index is 2.28. The van der Waals surface area contributed by atoms with E-state index in [1.165, 1.54) is 0 Å². The summed E-state index contributed by atoms with van der Waals surface area (Å²) < 4.78 is 5.61. The lowest BCUT2D eigenvalue weighted by molar-refractivity contribution is 0.461. The number of hydrogen-bond acceptors (Lipinski definition) is 4. The topological polar surface area (TPSA) is 51.8 Å². The first kappa shape index (κ1) is 9.83. The van der Waals surface area contributed by atoms with Gasteiger partial charge in [-0.05, 0) is 6.42 Å². The fourth-order valence-electron chi connectivity index (χ4n) is 1.23. The summed E-state index contributed by atoms with van der Waals surface area (Å²) in [7, 11) is 0. The van der Waals surface area contributed by atoms with Gasteiger partial charge in [-0.25, -0.2) is 9.97 Å². The van der Waals surface area contributed by atoms with Gasteiger partial charge in [0.05, 0.1) is 12.4 Å². The monoisotopic (exact) mass is 203 g/mol. The highest BCUT2D eigenvalue weighted by Gasteiger charge is 2.11. The first-order valence-electron chi connectivity index (χ1n) is 5.03. The Bertz CT molecular complexity index is 424. The molecule has 2 heterocycles. The third kappa shape index (κ3) is 2.03. The van der Waals surface area contributed by atoms with E-state index in [-0.39, 0.29) is 0 Å². The van der Waals surface area contributed by atoms with Crippen molar-refractivity contribution in [3.63, 3.8) is 0 Å². The van der Waals surface area contributed by atoms with E-state index in [1.54, 1.807) is 24.8 Å². The minimum atomic E-state index is 0.343. The van der Waals surface area contributed by atoms with Crippen LogP contribution >= 0.6 is 0 Å². The van der Waals surface area contributed by atoms with Crippen LogP contribution in [0.1, 0.15) is 32.1 Å². The number of hydrogen-bond donors (Lipinski definition) is 0. The maximum atomic E-state index is 5.61. The van der Waals surface area contributed by atoms with E-state index >= 15 is 0 Å². The molecule has 1 atom stereocenters. The van der Waals surface area contributed by atoms with E-state index < -0.39 is 0 Å². The highest BCUT2D eigenvalue weighted by Crippen LogP contribution is 2.23. The Morgan fingerprint density at radius 2 is 2.13 bits per heavy atom. The van der Waals surface area contributed by atoms with Crippen molar-refractivity contribution in [2.75, 3.05) is 0 Å². The van der Waals surface area contributed by atoms with Crippen LogP contribution in [0.5, 0.6) is 0 Å². The lowest BCUT2D eigenvalue weighted by Gasteiger charge is -2.00. The van der Waals surface area contributed by atoms with Crippen LogP contribution in [0.25, 0.3) is 11.5 Å². The molecule has 78 valence electrons. The summed E-state index contributed by atoms with van der Waals surface area (Å²) in [6.07, 6.45) is 7.66. The van der Waals surface area contributed by atoms with E-state index in [1.807, 2.05) is 0 Å². The summed E-state index contributed by atoms with van der Waals surface area (Å²) in [6, 6.07) is 0. The lowest BCUT2D eigenvalue weighted by atomic mass is 10.1. The molecule has 15 heavy (non-hydrogen) atoms. The summed E-state index contributed by atoms with van der Waals surface area (Å²) >= 11 is 0. The second-order valence-corrected chi connectivity index (χ2v) is 3.46. The van der Waals surface area contributed by atoms with Crippen LogP contribution in [0.3, 0.4) is 0 Å². The molecule has 0 N–H and O–H groups in total. The maximum Gasteiger partial charge on any atom is 0.197 e. The van der Waals surface area contributed by atoms with Crippen molar-refractivity contribution in [2.45, 2.75) is 26.2 Å². The van der Waals surface area contributed by atoms with Gasteiger partial charge >= 0.3 is 0 Å². The van der Waals surface area contributed by atoms with Gasteiger partial charge in [-0.15, -0.1) is 0 Å². The molecule has 4 nitrogen and oxygen atoms in total. The molecule has 0 fully saturated rings. The molecule has 2 aromatic rings. The molecule has 0 spiro atoms. The zero-order chi connectivity index (χ0) is 10.7. The van der Waals surface area contributed by atoms with Gasteiger partial charge in [0.1, 0.15) is 5.69 Å². The zero-order valence-electron chi connectivity index (χ0n) is 8.84. The van der Waals surface area contributed by atoms with Gasteiger partial charge in [-0.2, -0.15) is 0 Å². The van der Waals surface area contributed by atoms with Crippen LogP contribution in [0.15, 0.2) is 29.2 Å². The first-order chi connectivity index (χ1) is 7.31. The molecular formula is C11H13N3O. The van der Waals surface area contributed by atoms with Crippen molar-refractivity contribution in [1.82, 2.24) is 15.0 Å². The number of rotatable bonds is 3. The zero-order valence-corrected chi connectivity index (χ0v) is 8.84. The number of aromatic nitrogens is 3. The van der Waals surface area contributed by atoms with Gasteiger partial charge in [0.15, 0.2) is 11.7 Å². The minimum Gasteiger partial charge on any atom is -0.439 e. The van der Waals surface area contributed by atoms with E-state index in [4.69, 9.17) is 4.42 Å². The molecule has 1 unspecified atom stereocenters. The second kappa shape index (κ2) is 4.21. The molecule has 0 aliphatic carbocycles. The Morgan fingerprint density at radius 1 is 1.27 bits per heavy atom. The van der Waals surface area contributed by atoms with Crippen LogP contribution in [0.2, 0.25) is 0 Å². The molecule has 0 aromatic carbocycles. The summed E-state index contributed by atoms with van der Waals surface area (Å²) in [6.45, 7) is 4.20. The summed E-state index contributed by atoms with van der Waals surface area (Å²) in [4.78, 5) is 12.4. The predicted molar refractivity (Wildman–Crippen MR) is 56.2 cm³/mol. The average molecular weight is 203 g/mol. The van der Waals surface area contributed by atoms with Crippen molar-refractivity contribution >= 4 is 0 Å². The minimum absolute atomic E-state index is 0.343. The van der Waals surface area contributed by atoms with E-state index in [0.717, 1.165) is 18.0 Å². The summed E-state index contributed by atoms with van der Waals surface area (Å²) in [5.41, 5.74) is 0.722. The molecule has 2 aromatic heterocycles. The fraction of sp³-hybridized carbons (Fsp3) is 0.364. The van der Waals surface area contributed by atoms with Gasteiger partial charge in [0, 0.05) is 18.3 Å². The molecule has 0 radical (unpaired) electrons. The van der Waals surface area contributed by atoms with Gasteiger partial charge in [0.25, 0.3) is 0 Å². The van der Waals surface area contributed by atoms with Crippen molar-refractivity contribution in [1.29, 1.82) is 0 Å². The van der Waals surface area contributed by atoms with E-state index in [2.05, 4.69) is 28.8 Å². The highest BCUT2D eigenvalue weighted by atomic mass is 16.4. The smallest absolute Gasteiger partial charge is 0.197 e. The van der Waals surface area contributed by atoms with E-state index in [9.17, 15) is 0 Å². The van der Waals surface area contributed by atoms with Crippen LogP contribution in [-0.2, 0) is 0 Å². The molecular weight excluding hydrogens is 190 g/mol. The van der Waals surface area contributed by atoms with Crippen LogP contribution in [0, 0.1) is 0 Å². The fourth-order valence-corrected chi connectivity index (χ4v) is 1.23. The number of nitrogens with zero attached hydrogens (tertiary/aromatic N) is 3. The van der Waals surface area contributed by atoms with Crippen LogP contribution in [0.4, 0.5) is 0 Å². The van der Waals surface area contributed by atoms with Crippen molar-refractivity contribution < 1.29 is 4.42 Å². The largest absolute Gasteiger partial charge is 0.439 e. The van der Waals surface area contributed by atoms with Crippen LogP contribution < -0.4 is 0 Å². The third-order valence-corrected chi connectivity index (χ3v) is 2.37. The molecule has 0 bridgehead atoms. The number of oxazole rings is 1. The van der Waals surface area contributed by atoms with Crippen molar-refractivity contribution in [3.8, 4) is 11.5 Å². The van der Waals surface area contributed by atoms with Gasteiger partial charge in [0.2, 0.25) is 0 Å². The Labute approximate surface area is 88.4 Å². The molecule has 0 aliphatic heterocycles. The molecule has 2 rings (SSSR count). The Morgan fingerprint density at radius 3 is 2.80 bits per heavy atom. The van der Waals surface area contributed by atoms with Gasteiger partial charge < -0.3 is 4.42 Å². The Hall–Kier alpha value is -1.71. The quantitative estimate of drug-likeness (QED) is 0.769. The summed E-state index contributed by atoms with van der Waals surface area (Å²) in [5, 5.41) is 0. The average Bonchev–Trinajstić information content (AvgIpc) is 2.78. The van der Waals surface area contributed by atoms with Crippen molar-refractivity contribution in [2.24, 2.45) is 0 Å². The normalized spacial score (nSPS) is 12.7. The maximum absolute atomic E-state index is 5.61. The highest BCUT2D eigenvalue weighted by molar-refractivity contribution is 5.48. The molecule has 0 saturated heterocycles. The SMILES string of the molecule is CCC(C)c1ncc(-c2cnccn2)o1. The summed E-state index contributed by atoms with van der Waals surface area (Å²) in [5.74, 6) is 1.78. The molecule has 4 heteroatoms. The third-order valence-electron chi connectivity index (χ3n) is 2.37. The van der Waals surface area contributed by atoms with E-state index in [0.29, 0.717) is 11.7 Å². The molecule has 0 aliphatic rings. The first-order valence-corrected chi connectivity index (χ1v) is 5.03. The Kier molecular flexibility index (Phi) is 2.76. The standard InChI is InChI=1S/C11H13N3O/c1-3-8(2)11-14-7-10(15-11)9-6-12-4-5-13-9/h4-8H,3H2,1-2H3. The molecule has 0 amide bonds. The molecule has 0 saturated carbocycles. The van der Waals surface area contributed by atoms with Gasteiger partial charge in [-0.1, -0.05) is 13.8 Å². The van der Waals surface area contributed by atoms with Crippen molar-refractivity contribution in [3.05, 3.63) is 30.7 Å². The predicted octanol–water partition coefficient (Wildman–Crippen LogP) is 2.65. The van der Waals surface area contributed by atoms with Crippen LogP contribution in [-0.4, -0.2) is 15.0 Å². The van der Waals surface area contributed by atoms with Gasteiger partial charge in [-0.3, -0.25) is 4.98 Å². The lowest BCUT2D eigenvalue weighted by Crippen LogP contribution is -1.89. The second-order valence-electron chi connectivity index (χ2n) is 3.46.